The Morgan fingerprint density at radius 2 is 1.88 bits per heavy atom. The summed E-state index contributed by atoms with van der Waals surface area (Å²) < 4.78 is 0. The molecule has 1 rings (SSSR count). The zero-order valence-corrected chi connectivity index (χ0v) is 9.55. The van der Waals surface area contributed by atoms with Crippen LogP contribution in [0.4, 0.5) is 0 Å². The number of aliphatic hydroxyl groups excluding tert-OH is 2. The van der Waals surface area contributed by atoms with Crippen molar-refractivity contribution in [2.45, 2.75) is 19.6 Å². The highest BCUT2D eigenvalue weighted by atomic mass is 16.3. The summed E-state index contributed by atoms with van der Waals surface area (Å²) in [4.78, 5) is 13.4. The Morgan fingerprint density at radius 1 is 1.31 bits per heavy atom. The fraction of sp³-hybridized carbons (Fsp3) is 0.417. The van der Waals surface area contributed by atoms with Crippen LogP contribution in [0.1, 0.15) is 22.8 Å². The molecule has 0 aromatic heterocycles. The third-order valence-electron chi connectivity index (χ3n) is 2.63. The molecule has 1 aromatic carbocycles. The molecular weight excluding hydrogens is 206 g/mol. The number of aliphatic hydroxyl groups is 2. The van der Waals surface area contributed by atoms with Crippen LogP contribution in [-0.4, -0.2) is 40.7 Å². The molecule has 1 aromatic rings. The van der Waals surface area contributed by atoms with Gasteiger partial charge in [0.2, 0.25) is 0 Å². The highest BCUT2D eigenvalue weighted by Gasteiger charge is 2.16. The molecule has 1 amide bonds. The van der Waals surface area contributed by atoms with Gasteiger partial charge in [-0.1, -0.05) is 12.1 Å². The van der Waals surface area contributed by atoms with Crippen molar-refractivity contribution >= 4 is 5.91 Å². The Morgan fingerprint density at radius 3 is 2.31 bits per heavy atom. The molecule has 1 atom stereocenters. The molecular formula is C12H17NO3. The third-order valence-corrected chi connectivity index (χ3v) is 2.63. The van der Waals surface area contributed by atoms with E-state index in [1.165, 1.54) is 4.90 Å². The molecule has 4 heteroatoms. The quantitative estimate of drug-likeness (QED) is 0.787. The maximum Gasteiger partial charge on any atom is 0.253 e. The van der Waals surface area contributed by atoms with Crippen LogP contribution in [0.25, 0.3) is 0 Å². The SMILES string of the molecule is CC(CO)N(C)C(=O)c1ccc(CO)cc1. The summed E-state index contributed by atoms with van der Waals surface area (Å²) in [5.74, 6) is -0.133. The van der Waals surface area contributed by atoms with Gasteiger partial charge in [-0.3, -0.25) is 4.79 Å². The zero-order valence-electron chi connectivity index (χ0n) is 9.55. The normalized spacial score (nSPS) is 12.2. The van der Waals surface area contributed by atoms with Gasteiger partial charge in [0.25, 0.3) is 5.91 Å². The van der Waals surface area contributed by atoms with Crippen LogP contribution in [0.2, 0.25) is 0 Å². The summed E-state index contributed by atoms with van der Waals surface area (Å²) in [6.07, 6.45) is 0. The topological polar surface area (TPSA) is 60.8 Å². The fourth-order valence-corrected chi connectivity index (χ4v) is 1.28. The predicted molar refractivity (Wildman–Crippen MR) is 61.0 cm³/mol. The second-order valence-electron chi connectivity index (χ2n) is 3.80. The van der Waals surface area contributed by atoms with Crippen LogP contribution in [0.5, 0.6) is 0 Å². The summed E-state index contributed by atoms with van der Waals surface area (Å²) in [7, 11) is 1.66. The first kappa shape index (κ1) is 12.7. The van der Waals surface area contributed by atoms with Gasteiger partial charge in [0.1, 0.15) is 0 Å². The lowest BCUT2D eigenvalue weighted by Crippen LogP contribution is -2.37. The molecule has 0 fully saturated rings. The van der Waals surface area contributed by atoms with Crippen LogP contribution in [-0.2, 0) is 6.61 Å². The van der Waals surface area contributed by atoms with E-state index in [2.05, 4.69) is 0 Å². The van der Waals surface area contributed by atoms with E-state index in [1.54, 1.807) is 38.2 Å². The highest BCUT2D eigenvalue weighted by Crippen LogP contribution is 2.08. The lowest BCUT2D eigenvalue weighted by atomic mass is 10.1. The Labute approximate surface area is 95.1 Å². The molecule has 88 valence electrons. The van der Waals surface area contributed by atoms with Crippen molar-refractivity contribution < 1.29 is 15.0 Å². The number of carbonyl (C=O) groups is 1. The number of benzene rings is 1. The van der Waals surface area contributed by atoms with E-state index in [0.29, 0.717) is 5.56 Å². The van der Waals surface area contributed by atoms with Crippen LogP contribution < -0.4 is 0 Å². The predicted octanol–water partition coefficient (Wildman–Crippen LogP) is 0.632. The first-order valence-electron chi connectivity index (χ1n) is 5.18. The number of carbonyl (C=O) groups excluding carboxylic acids is 1. The summed E-state index contributed by atoms with van der Waals surface area (Å²) >= 11 is 0. The summed E-state index contributed by atoms with van der Waals surface area (Å²) in [6, 6.07) is 6.57. The van der Waals surface area contributed by atoms with Crippen molar-refractivity contribution in [2.75, 3.05) is 13.7 Å². The number of amides is 1. The molecule has 0 saturated heterocycles. The summed E-state index contributed by atoms with van der Waals surface area (Å²) in [6.45, 7) is 1.69. The molecule has 2 N–H and O–H groups in total. The maximum absolute atomic E-state index is 11.9. The molecule has 1 unspecified atom stereocenters. The van der Waals surface area contributed by atoms with Crippen molar-refractivity contribution in [3.05, 3.63) is 35.4 Å². The first-order chi connectivity index (χ1) is 7.60. The monoisotopic (exact) mass is 223 g/mol. The van der Waals surface area contributed by atoms with Gasteiger partial charge in [-0.25, -0.2) is 0 Å². The molecule has 4 nitrogen and oxygen atoms in total. The van der Waals surface area contributed by atoms with E-state index < -0.39 is 0 Å². The van der Waals surface area contributed by atoms with E-state index in [-0.39, 0.29) is 25.2 Å². The Bertz CT molecular complexity index is 348. The molecule has 0 bridgehead atoms. The molecule has 0 aliphatic carbocycles. The lowest BCUT2D eigenvalue weighted by Gasteiger charge is -2.23. The lowest BCUT2D eigenvalue weighted by molar-refractivity contribution is 0.0682. The molecule has 16 heavy (non-hydrogen) atoms. The van der Waals surface area contributed by atoms with Gasteiger partial charge >= 0.3 is 0 Å². The van der Waals surface area contributed by atoms with Crippen molar-refractivity contribution in [3.63, 3.8) is 0 Å². The molecule has 0 radical (unpaired) electrons. The van der Waals surface area contributed by atoms with Crippen molar-refractivity contribution in [2.24, 2.45) is 0 Å². The minimum atomic E-state index is -0.204. The molecule has 0 spiro atoms. The average Bonchev–Trinajstić information content (AvgIpc) is 2.36. The maximum atomic E-state index is 11.9. The minimum absolute atomic E-state index is 0.0304. The molecule has 0 aliphatic heterocycles. The van der Waals surface area contributed by atoms with Gasteiger partial charge < -0.3 is 15.1 Å². The number of likely N-dealkylation sites (N-methyl/N-ethyl adjacent to an activating group) is 1. The van der Waals surface area contributed by atoms with Gasteiger partial charge in [-0.15, -0.1) is 0 Å². The fourth-order valence-electron chi connectivity index (χ4n) is 1.28. The molecule has 0 aliphatic rings. The van der Waals surface area contributed by atoms with Crippen molar-refractivity contribution in [3.8, 4) is 0 Å². The van der Waals surface area contributed by atoms with Crippen LogP contribution >= 0.6 is 0 Å². The Kier molecular flexibility index (Phi) is 4.46. The van der Waals surface area contributed by atoms with E-state index >= 15 is 0 Å². The number of nitrogens with zero attached hydrogens (tertiary/aromatic N) is 1. The summed E-state index contributed by atoms with van der Waals surface area (Å²) in [5.41, 5.74) is 1.33. The van der Waals surface area contributed by atoms with Crippen molar-refractivity contribution in [1.29, 1.82) is 0 Å². The Hall–Kier alpha value is -1.39. The largest absolute Gasteiger partial charge is 0.394 e. The summed E-state index contributed by atoms with van der Waals surface area (Å²) in [5, 5.41) is 17.8. The zero-order chi connectivity index (χ0) is 12.1. The number of hydrogen-bond acceptors (Lipinski definition) is 3. The van der Waals surface area contributed by atoms with Crippen LogP contribution in [0.15, 0.2) is 24.3 Å². The average molecular weight is 223 g/mol. The smallest absolute Gasteiger partial charge is 0.253 e. The number of hydrogen-bond donors (Lipinski definition) is 2. The van der Waals surface area contributed by atoms with Gasteiger partial charge in [0.15, 0.2) is 0 Å². The number of rotatable bonds is 4. The highest BCUT2D eigenvalue weighted by molar-refractivity contribution is 5.94. The second kappa shape index (κ2) is 5.63. The third kappa shape index (κ3) is 2.81. The van der Waals surface area contributed by atoms with E-state index in [0.717, 1.165) is 5.56 Å². The van der Waals surface area contributed by atoms with E-state index in [4.69, 9.17) is 10.2 Å². The van der Waals surface area contributed by atoms with Crippen LogP contribution in [0, 0.1) is 0 Å². The Balaban J connectivity index is 2.80. The second-order valence-corrected chi connectivity index (χ2v) is 3.80. The van der Waals surface area contributed by atoms with E-state index in [1.807, 2.05) is 0 Å². The first-order valence-corrected chi connectivity index (χ1v) is 5.18. The molecule has 0 saturated carbocycles. The van der Waals surface area contributed by atoms with Gasteiger partial charge in [-0.05, 0) is 24.6 Å². The standard InChI is InChI=1S/C12H17NO3/c1-9(7-14)13(2)12(16)11-5-3-10(8-15)4-6-11/h3-6,9,14-15H,7-8H2,1-2H3. The van der Waals surface area contributed by atoms with E-state index in [9.17, 15) is 4.79 Å². The minimum Gasteiger partial charge on any atom is -0.394 e. The van der Waals surface area contributed by atoms with Gasteiger partial charge in [-0.2, -0.15) is 0 Å². The van der Waals surface area contributed by atoms with Gasteiger partial charge in [0.05, 0.1) is 19.3 Å². The van der Waals surface area contributed by atoms with Crippen molar-refractivity contribution in [1.82, 2.24) is 4.90 Å². The van der Waals surface area contributed by atoms with Gasteiger partial charge in [0, 0.05) is 12.6 Å². The van der Waals surface area contributed by atoms with Crippen LogP contribution in [0.3, 0.4) is 0 Å². The molecule has 0 heterocycles.